The first kappa shape index (κ1) is 12.1. The Kier molecular flexibility index (Phi) is 3.72. The van der Waals surface area contributed by atoms with E-state index in [9.17, 15) is 0 Å². The summed E-state index contributed by atoms with van der Waals surface area (Å²) in [6.07, 6.45) is 8.51. The summed E-state index contributed by atoms with van der Waals surface area (Å²) in [4.78, 5) is 0. The smallest absolute Gasteiger partial charge is 0.143 e. The second-order valence-electron chi connectivity index (χ2n) is 5.19. The number of aromatic nitrogens is 4. The number of benzene rings is 1. The lowest BCUT2D eigenvalue weighted by molar-refractivity contribution is 0.373. The molecule has 100 valence electrons. The molecule has 1 saturated carbocycles. The average Bonchev–Trinajstić information content (AvgIpc) is 3.01. The van der Waals surface area contributed by atoms with Crippen molar-refractivity contribution in [2.24, 2.45) is 5.92 Å². The molecule has 0 radical (unpaired) electrons. The monoisotopic (exact) mass is 257 g/mol. The first-order valence-electron chi connectivity index (χ1n) is 6.99. The van der Waals surface area contributed by atoms with Crippen LogP contribution in [-0.2, 0) is 0 Å². The first-order chi connectivity index (χ1) is 9.42. The van der Waals surface area contributed by atoms with Crippen molar-refractivity contribution < 1.29 is 0 Å². The van der Waals surface area contributed by atoms with E-state index in [1.807, 2.05) is 12.1 Å². The Balaban J connectivity index is 1.63. The van der Waals surface area contributed by atoms with Gasteiger partial charge in [-0.2, -0.15) is 0 Å². The van der Waals surface area contributed by atoms with Gasteiger partial charge in [-0.25, -0.2) is 4.68 Å². The zero-order valence-electron chi connectivity index (χ0n) is 11.0. The van der Waals surface area contributed by atoms with Crippen LogP contribution in [0, 0.1) is 5.92 Å². The van der Waals surface area contributed by atoms with E-state index in [0.717, 1.165) is 23.8 Å². The number of hydrogen-bond acceptors (Lipinski definition) is 4. The number of rotatable bonds is 4. The topological polar surface area (TPSA) is 55.6 Å². The molecule has 1 heterocycles. The largest absolute Gasteiger partial charge is 0.385 e. The van der Waals surface area contributed by atoms with Gasteiger partial charge < -0.3 is 5.32 Å². The molecule has 1 N–H and O–H groups in total. The number of tetrazole rings is 1. The van der Waals surface area contributed by atoms with E-state index in [-0.39, 0.29) is 0 Å². The predicted octanol–water partition coefficient (Wildman–Crippen LogP) is 2.65. The summed E-state index contributed by atoms with van der Waals surface area (Å²) in [6, 6.07) is 8.21. The van der Waals surface area contributed by atoms with Gasteiger partial charge in [-0.15, -0.1) is 5.10 Å². The van der Waals surface area contributed by atoms with Crippen LogP contribution in [0.15, 0.2) is 30.6 Å². The van der Waals surface area contributed by atoms with Gasteiger partial charge in [0.2, 0.25) is 0 Å². The highest BCUT2D eigenvalue weighted by atomic mass is 15.5. The molecule has 0 spiro atoms. The molecule has 3 rings (SSSR count). The zero-order valence-corrected chi connectivity index (χ0v) is 11.0. The molecule has 1 aliphatic rings. The van der Waals surface area contributed by atoms with E-state index in [1.165, 1.54) is 32.1 Å². The fraction of sp³-hybridized carbons (Fsp3) is 0.500. The van der Waals surface area contributed by atoms with E-state index in [1.54, 1.807) is 11.0 Å². The summed E-state index contributed by atoms with van der Waals surface area (Å²) in [5, 5.41) is 14.8. The Labute approximate surface area is 113 Å². The molecule has 5 heteroatoms. The predicted molar refractivity (Wildman–Crippen MR) is 74.2 cm³/mol. The van der Waals surface area contributed by atoms with Gasteiger partial charge in [0, 0.05) is 12.2 Å². The zero-order chi connectivity index (χ0) is 12.9. The Morgan fingerprint density at radius 3 is 2.89 bits per heavy atom. The van der Waals surface area contributed by atoms with Gasteiger partial charge >= 0.3 is 0 Å². The molecule has 0 bridgehead atoms. The molecule has 0 aliphatic heterocycles. The SMILES string of the molecule is c1cc(NCC2CCCCC2)cc(-n2cnnn2)c1. The maximum atomic E-state index is 3.91. The first-order valence-corrected chi connectivity index (χ1v) is 6.99. The summed E-state index contributed by atoms with van der Waals surface area (Å²) in [6.45, 7) is 1.07. The molecular weight excluding hydrogens is 238 g/mol. The van der Waals surface area contributed by atoms with Gasteiger partial charge in [0.15, 0.2) is 0 Å². The number of anilines is 1. The lowest BCUT2D eigenvalue weighted by Crippen LogP contribution is -2.17. The third-order valence-corrected chi connectivity index (χ3v) is 3.78. The van der Waals surface area contributed by atoms with Gasteiger partial charge in [0.05, 0.1) is 5.69 Å². The molecule has 0 saturated heterocycles. The van der Waals surface area contributed by atoms with Crippen molar-refractivity contribution in [2.75, 3.05) is 11.9 Å². The number of nitrogens with one attached hydrogen (secondary N) is 1. The fourth-order valence-corrected chi connectivity index (χ4v) is 2.69. The summed E-state index contributed by atoms with van der Waals surface area (Å²) in [5.74, 6) is 0.824. The van der Waals surface area contributed by atoms with E-state index < -0.39 is 0 Å². The van der Waals surface area contributed by atoms with Crippen LogP contribution in [0.3, 0.4) is 0 Å². The second-order valence-corrected chi connectivity index (χ2v) is 5.19. The Morgan fingerprint density at radius 1 is 1.21 bits per heavy atom. The Morgan fingerprint density at radius 2 is 2.11 bits per heavy atom. The molecule has 0 unspecified atom stereocenters. The van der Waals surface area contributed by atoms with Crippen molar-refractivity contribution in [3.05, 3.63) is 30.6 Å². The van der Waals surface area contributed by atoms with Gasteiger partial charge in [-0.1, -0.05) is 25.3 Å². The van der Waals surface area contributed by atoms with Crippen molar-refractivity contribution in [2.45, 2.75) is 32.1 Å². The molecule has 0 atom stereocenters. The molecule has 5 nitrogen and oxygen atoms in total. The standard InChI is InChI=1S/C14H19N5/c1-2-5-12(6-3-1)10-15-13-7-4-8-14(9-13)19-11-16-17-18-19/h4,7-9,11-12,15H,1-3,5-6,10H2. The highest BCUT2D eigenvalue weighted by molar-refractivity contribution is 5.50. The van der Waals surface area contributed by atoms with Crippen LogP contribution in [0.5, 0.6) is 0 Å². The van der Waals surface area contributed by atoms with Crippen molar-refractivity contribution in [1.29, 1.82) is 0 Å². The normalized spacial score (nSPS) is 16.4. The van der Waals surface area contributed by atoms with Crippen LogP contribution in [0.2, 0.25) is 0 Å². The van der Waals surface area contributed by atoms with Gasteiger partial charge in [-0.3, -0.25) is 0 Å². The quantitative estimate of drug-likeness (QED) is 0.915. The van der Waals surface area contributed by atoms with Crippen molar-refractivity contribution in [3.63, 3.8) is 0 Å². The van der Waals surface area contributed by atoms with E-state index >= 15 is 0 Å². The van der Waals surface area contributed by atoms with Crippen LogP contribution in [0.25, 0.3) is 5.69 Å². The van der Waals surface area contributed by atoms with Gasteiger partial charge in [0.1, 0.15) is 6.33 Å². The van der Waals surface area contributed by atoms with Crippen LogP contribution in [0.4, 0.5) is 5.69 Å². The average molecular weight is 257 g/mol. The maximum absolute atomic E-state index is 3.91. The lowest BCUT2D eigenvalue weighted by atomic mass is 9.89. The van der Waals surface area contributed by atoms with E-state index in [4.69, 9.17) is 0 Å². The Hall–Kier alpha value is -1.91. The van der Waals surface area contributed by atoms with Crippen LogP contribution < -0.4 is 5.32 Å². The van der Waals surface area contributed by atoms with Crippen molar-refractivity contribution >= 4 is 5.69 Å². The minimum atomic E-state index is 0.824. The number of nitrogens with zero attached hydrogens (tertiary/aromatic N) is 4. The Bertz CT molecular complexity index is 502. The molecular formula is C14H19N5. The van der Waals surface area contributed by atoms with E-state index in [2.05, 4.69) is 33.0 Å². The third kappa shape index (κ3) is 3.10. The molecule has 1 aliphatic carbocycles. The fourth-order valence-electron chi connectivity index (χ4n) is 2.69. The minimum absolute atomic E-state index is 0.824. The van der Waals surface area contributed by atoms with Crippen LogP contribution >= 0.6 is 0 Å². The summed E-state index contributed by atoms with van der Waals surface area (Å²) >= 11 is 0. The van der Waals surface area contributed by atoms with Gasteiger partial charge in [0.25, 0.3) is 0 Å². The minimum Gasteiger partial charge on any atom is -0.385 e. The number of hydrogen-bond donors (Lipinski definition) is 1. The van der Waals surface area contributed by atoms with Crippen LogP contribution in [-0.4, -0.2) is 26.8 Å². The third-order valence-electron chi connectivity index (χ3n) is 3.78. The molecule has 1 fully saturated rings. The highest BCUT2D eigenvalue weighted by Crippen LogP contribution is 2.24. The summed E-state index contributed by atoms with van der Waals surface area (Å²) < 4.78 is 1.67. The summed E-state index contributed by atoms with van der Waals surface area (Å²) in [7, 11) is 0. The van der Waals surface area contributed by atoms with Crippen molar-refractivity contribution in [3.8, 4) is 5.69 Å². The van der Waals surface area contributed by atoms with Gasteiger partial charge in [-0.05, 0) is 47.4 Å². The molecule has 2 aromatic rings. The molecule has 0 amide bonds. The van der Waals surface area contributed by atoms with Crippen molar-refractivity contribution in [1.82, 2.24) is 20.2 Å². The molecule has 1 aromatic carbocycles. The lowest BCUT2D eigenvalue weighted by Gasteiger charge is -2.22. The highest BCUT2D eigenvalue weighted by Gasteiger charge is 2.12. The van der Waals surface area contributed by atoms with Crippen LogP contribution in [0.1, 0.15) is 32.1 Å². The molecule has 1 aromatic heterocycles. The maximum Gasteiger partial charge on any atom is 0.143 e. The van der Waals surface area contributed by atoms with E-state index in [0.29, 0.717) is 0 Å². The molecule has 19 heavy (non-hydrogen) atoms. The summed E-state index contributed by atoms with van der Waals surface area (Å²) in [5.41, 5.74) is 2.12. The second kappa shape index (κ2) is 5.82.